The lowest BCUT2D eigenvalue weighted by Crippen LogP contribution is -2.57. The highest BCUT2D eigenvalue weighted by Crippen LogP contribution is 2.27. The number of hydrogen-bond acceptors (Lipinski definition) is 10. The molecule has 1 aromatic heterocycles. The number of amides is 5. The highest BCUT2D eigenvalue weighted by molar-refractivity contribution is 5.91. The van der Waals surface area contributed by atoms with Gasteiger partial charge in [-0.3, -0.25) is 23.9 Å². The van der Waals surface area contributed by atoms with Crippen LogP contribution < -0.4 is 11.1 Å². The predicted octanol–water partition coefficient (Wildman–Crippen LogP) is 3.52. The van der Waals surface area contributed by atoms with Crippen molar-refractivity contribution >= 4 is 46.7 Å². The summed E-state index contributed by atoms with van der Waals surface area (Å²) in [6.07, 6.45) is 2.19. The normalized spacial score (nSPS) is 19.1. The Hall–Kier alpha value is -5.38. The molecule has 16 heteroatoms. The maximum Gasteiger partial charge on any atom is 0.419 e. The van der Waals surface area contributed by atoms with Crippen LogP contribution in [-0.4, -0.2) is 143 Å². The molecule has 1 N–H and O–H groups in total. The zero-order chi connectivity index (χ0) is 40.9. The van der Waals surface area contributed by atoms with E-state index >= 15 is 0 Å². The number of likely N-dealkylation sites (tertiary alicyclic amines) is 2. The Labute approximate surface area is 337 Å². The van der Waals surface area contributed by atoms with Crippen molar-refractivity contribution in [1.82, 2.24) is 29.1 Å². The lowest BCUT2D eigenvalue weighted by molar-refractivity contribution is -0.146. The van der Waals surface area contributed by atoms with Gasteiger partial charge in [0, 0.05) is 96.6 Å². The highest BCUT2D eigenvalue weighted by Gasteiger charge is 2.37. The summed E-state index contributed by atoms with van der Waals surface area (Å²) >= 11 is 0. The van der Waals surface area contributed by atoms with Gasteiger partial charge in [-0.25, -0.2) is 14.4 Å². The molecule has 1 atom stereocenters. The zero-order valence-corrected chi connectivity index (χ0v) is 33.8. The summed E-state index contributed by atoms with van der Waals surface area (Å²) in [5, 5.41) is 3.04. The second-order valence-corrected chi connectivity index (χ2v) is 15.8. The fourth-order valence-electron chi connectivity index (χ4n) is 8.98. The van der Waals surface area contributed by atoms with Crippen molar-refractivity contribution in [3.8, 4) is 0 Å². The van der Waals surface area contributed by atoms with Gasteiger partial charge in [-0.2, -0.15) is 0 Å². The first-order chi connectivity index (χ1) is 28.0. The Morgan fingerprint density at radius 2 is 1.53 bits per heavy atom. The van der Waals surface area contributed by atoms with Gasteiger partial charge in [0.1, 0.15) is 0 Å². The summed E-state index contributed by atoms with van der Waals surface area (Å²) in [6, 6.07) is 11.5. The highest BCUT2D eigenvalue weighted by atomic mass is 16.6. The van der Waals surface area contributed by atoms with Crippen molar-refractivity contribution in [1.29, 1.82) is 0 Å². The number of carbonyl (C=O) groups excluding carboxylic acids is 5. The molecule has 3 fully saturated rings. The average molecular weight is 802 g/mol. The number of hydrogen-bond donors (Lipinski definition) is 1. The molecule has 16 nitrogen and oxygen atoms in total. The van der Waals surface area contributed by atoms with Gasteiger partial charge in [0.15, 0.2) is 11.7 Å². The van der Waals surface area contributed by atoms with Crippen LogP contribution in [0, 0.1) is 6.92 Å². The Kier molecular flexibility index (Phi) is 12.7. The second-order valence-electron chi connectivity index (χ2n) is 15.8. The minimum Gasteiger partial charge on any atom is -0.466 e. The van der Waals surface area contributed by atoms with Gasteiger partial charge >= 0.3 is 23.8 Å². The number of aryl methyl sites for hydroxylation is 2. The smallest absolute Gasteiger partial charge is 0.419 e. The van der Waals surface area contributed by atoms with Gasteiger partial charge in [0.05, 0.1) is 18.5 Å². The lowest BCUT2D eigenvalue weighted by Gasteiger charge is -2.43. The molecule has 2 aromatic carbocycles. The number of nitrogens with one attached hydrogen (secondary N) is 1. The summed E-state index contributed by atoms with van der Waals surface area (Å²) < 4.78 is 18.0. The minimum atomic E-state index is -1.11. The van der Waals surface area contributed by atoms with Gasteiger partial charge in [0.25, 0.3) is 5.91 Å². The fraction of sp³-hybridized carbons (Fsp3) is 0.571. The Bertz CT molecular complexity index is 2060. The number of piperidine rings is 2. The summed E-state index contributed by atoms with van der Waals surface area (Å²) in [5.41, 5.74) is 4.51. The first-order valence-corrected chi connectivity index (χ1v) is 20.7. The molecule has 3 saturated heterocycles. The van der Waals surface area contributed by atoms with E-state index in [4.69, 9.17) is 13.9 Å². The summed E-state index contributed by atoms with van der Waals surface area (Å²) in [4.78, 5) is 87.5. The fourth-order valence-corrected chi connectivity index (χ4v) is 8.98. The van der Waals surface area contributed by atoms with Crippen LogP contribution in [0.2, 0.25) is 0 Å². The van der Waals surface area contributed by atoms with Crippen LogP contribution in [0.1, 0.15) is 62.1 Å². The Morgan fingerprint density at radius 1 is 0.845 bits per heavy atom. The Morgan fingerprint density at radius 3 is 2.26 bits per heavy atom. The van der Waals surface area contributed by atoms with Crippen LogP contribution in [0.15, 0.2) is 45.6 Å². The molecular weight excluding hydrogens is 747 g/mol. The third-order valence-electron chi connectivity index (χ3n) is 12.2. The number of aromatic nitrogens is 1. The molecule has 0 radical (unpaired) electrons. The molecule has 4 aliphatic rings. The topological polar surface area (TPSA) is 167 Å². The van der Waals surface area contributed by atoms with Gasteiger partial charge < -0.3 is 38.8 Å². The molecule has 0 saturated carbocycles. The average Bonchev–Trinajstić information content (AvgIpc) is 3.41. The number of esters is 1. The van der Waals surface area contributed by atoms with E-state index in [1.807, 2.05) is 47.1 Å². The van der Waals surface area contributed by atoms with E-state index in [1.165, 1.54) is 4.57 Å². The summed E-state index contributed by atoms with van der Waals surface area (Å²) in [7, 11) is 1.65. The van der Waals surface area contributed by atoms with Crippen LogP contribution in [0.4, 0.5) is 15.3 Å². The second kappa shape index (κ2) is 18.0. The standard InChI is InChI=1S/C42H55N7O9/c1-4-56-37(51)10-9-36(50)46-16-12-31(13-17-46)45-21-23-47(24-22-45)39(52)35(27-29-25-28(2)38-34(26-29)57-41(54)44(38)3)58-42(55)48-18-14-32(15-19-48)49-20-11-30-7-5-6-8-33(30)43-40(49)53/h5-8,25-26,31-32,35H,4,9-24,27H2,1-3H3,(H,43,53). The van der Waals surface area contributed by atoms with E-state index in [0.717, 1.165) is 36.1 Å². The number of rotatable bonds is 10. The van der Waals surface area contributed by atoms with E-state index in [2.05, 4.69) is 10.2 Å². The minimum absolute atomic E-state index is 0.0354. The van der Waals surface area contributed by atoms with Gasteiger partial charge in [0.2, 0.25) is 5.91 Å². The molecule has 5 heterocycles. The maximum absolute atomic E-state index is 14.3. The molecule has 312 valence electrons. The number of urea groups is 1. The van der Waals surface area contributed by atoms with E-state index in [0.29, 0.717) is 95.0 Å². The van der Waals surface area contributed by atoms with Gasteiger partial charge in [-0.1, -0.05) is 24.3 Å². The number of para-hydroxylation sites is 1. The first kappa shape index (κ1) is 40.8. The number of oxazole rings is 1. The molecule has 5 amide bonds. The van der Waals surface area contributed by atoms with Crippen molar-refractivity contribution in [2.75, 3.05) is 70.8 Å². The van der Waals surface area contributed by atoms with Crippen LogP contribution in [0.5, 0.6) is 0 Å². The van der Waals surface area contributed by atoms with Crippen molar-refractivity contribution in [3.05, 3.63) is 63.6 Å². The lowest BCUT2D eigenvalue weighted by atomic mass is 10.0. The number of piperazine rings is 1. The van der Waals surface area contributed by atoms with E-state index < -0.39 is 18.0 Å². The van der Waals surface area contributed by atoms with E-state index in [1.54, 1.807) is 29.8 Å². The van der Waals surface area contributed by atoms with Crippen LogP contribution in [0.3, 0.4) is 0 Å². The number of ether oxygens (including phenoxy) is 2. The summed E-state index contributed by atoms with van der Waals surface area (Å²) in [6.45, 7) is 8.73. The zero-order valence-electron chi connectivity index (χ0n) is 33.8. The van der Waals surface area contributed by atoms with E-state index in [9.17, 15) is 28.8 Å². The molecule has 58 heavy (non-hydrogen) atoms. The Balaban J connectivity index is 0.966. The molecule has 0 spiro atoms. The van der Waals surface area contributed by atoms with Crippen LogP contribution in [-0.2, 0) is 43.7 Å². The molecule has 1 unspecified atom stereocenters. The largest absolute Gasteiger partial charge is 0.466 e. The molecular formula is C42H55N7O9. The number of nitrogens with zero attached hydrogens (tertiary/aromatic N) is 6. The van der Waals surface area contributed by atoms with Gasteiger partial charge in [-0.15, -0.1) is 0 Å². The van der Waals surface area contributed by atoms with Crippen LogP contribution >= 0.6 is 0 Å². The van der Waals surface area contributed by atoms with E-state index in [-0.39, 0.29) is 55.2 Å². The SMILES string of the molecule is CCOC(=O)CCC(=O)N1CCC(N2CCN(C(=O)C(Cc3cc(C)c4c(c3)oc(=O)n4C)OC(=O)N3CCC(N4CCc5ccccc5NC4=O)CC3)CC2)CC1. The molecule has 3 aromatic rings. The third-order valence-corrected chi connectivity index (χ3v) is 12.2. The number of fused-ring (bicyclic) bond motifs is 2. The number of carbonyl (C=O) groups is 5. The number of anilines is 1. The predicted molar refractivity (Wildman–Crippen MR) is 214 cm³/mol. The van der Waals surface area contributed by atoms with Gasteiger partial charge in [-0.05, 0) is 74.8 Å². The van der Waals surface area contributed by atoms with Crippen LogP contribution in [0.25, 0.3) is 11.1 Å². The van der Waals surface area contributed by atoms with Crippen molar-refractivity contribution in [2.24, 2.45) is 7.05 Å². The monoisotopic (exact) mass is 801 g/mol. The first-order valence-electron chi connectivity index (χ1n) is 20.7. The quantitative estimate of drug-likeness (QED) is 0.300. The van der Waals surface area contributed by atoms with Crippen molar-refractivity contribution < 1.29 is 37.9 Å². The molecule has 4 aliphatic heterocycles. The maximum atomic E-state index is 14.3. The third kappa shape index (κ3) is 9.16. The van der Waals surface area contributed by atoms with Crippen molar-refractivity contribution in [3.63, 3.8) is 0 Å². The van der Waals surface area contributed by atoms with Crippen molar-refractivity contribution in [2.45, 2.75) is 83.4 Å². The number of benzene rings is 2. The molecule has 0 bridgehead atoms. The molecule has 7 rings (SSSR count). The molecule has 0 aliphatic carbocycles. The summed E-state index contributed by atoms with van der Waals surface area (Å²) in [5.74, 6) is -1.16.